The fourth-order valence-electron chi connectivity index (χ4n) is 7.12. The molecule has 0 radical (unpaired) electrons. The summed E-state index contributed by atoms with van der Waals surface area (Å²) in [5, 5.41) is 17.0. The van der Waals surface area contributed by atoms with Gasteiger partial charge in [-0.3, -0.25) is 0 Å². The Hall–Kier alpha value is -6.30. The first-order valence-electron chi connectivity index (χ1n) is 16.4. The maximum absolute atomic E-state index is 5.05. The third kappa shape index (κ3) is 4.59. The second-order valence-electron chi connectivity index (χ2n) is 12.3. The maximum Gasteiger partial charge on any atom is 0.122 e. The van der Waals surface area contributed by atoms with Crippen molar-refractivity contribution in [2.75, 3.05) is 4.90 Å². The first-order chi connectivity index (χ1) is 24.3. The van der Waals surface area contributed by atoms with Crippen LogP contribution in [0.1, 0.15) is 0 Å². The van der Waals surface area contributed by atoms with E-state index >= 15 is 0 Å². The number of thiophene rings is 1. The van der Waals surface area contributed by atoms with E-state index in [1.165, 1.54) is 31.3 Å². The lowest BCUT2D eigenvalue weighted by Crippen LogP contribution is -2.10. The van der Waals surface area contributed by atoms with E-state index in [2.05, 4.69) is 144 Å². The Morgan fingerprint density at radius 2 is 1.14 bits per heavy atom. The minimum atomic E-state index is 0.872. The fourth-order valence-corrected chi connectivity index (χ4v) is 8.25. The van der Waals surface area contributed by atoms with Crippen molar-refractivity contribution in [3.05, 3.63) is 170 Å². The van der Waals surface area contributed by atoms with Crippen molar-refractivity contribution in [3.8, 4) is 16.8 Å². The third-order valence-electron chi connectivity index (χ3n) is 9.43. The number of para-hydroxylation sites is 1. The molecular formula is C44H28N4S. The van der Waals surface area contributed by atoms with Gasteiger partial charge in [0.05, 0.1) is 11.4 Å². The van der Waals surface area contributed by atoms with Crippen LogP contribution in [-0.4, -0.2) is 15.0 Å². The van der Waals surface area contributed by atoms with Crippen molar-refractivity contribution in [2.45, 2.75) is 0 Å². The van der Waals surface area contributed by atoms with E-state index in [1.807, 2.05) is 41.7 Å². The van der Waals surface area contributed by atoms with Gasteiger partial charge in [0, 0.05) is 36.9 Å². The Morgan fingerprint density at radius 3 is 2.00 bits per heavy atom. The minimum absolute atomic E-state index is 0.872. The summed E-state index contributed by atoms with van der Waals surface area (Å²) in [7, 11) is 0. The van der Waals surface area contributed by atoms with Crippen LogP contribution >= 0.6 is 11.3 Å². The summed E-state index contributed by atoms with van der Waals surface area (Å²) in [6.07, 6.45) is 0. The first-order valence-corrected chi connectivity index (χ1v) is 17.2. The largest absolute Gasteiger partial charge is 0.310 e. The van der Waals surface area contributed by atoms with Gasteiger partial charge in [-0.05, 0) is 87.9 Å². The van der Waals surface area contributed by atoms with Gasteiger partial charge in [-0.2, -0.15) is 4.80 Å². The molecule has 0 aliphatic carbocycles. The van der Waals surface area contributed by atoms with Crippen LogP contribution < -0.4 is 4.90 Å². The zero-order valence-electron chi connectivity index (χ0n) is 26.4. The highest BCUT2D eigenvalue weighted by Crippen LogP contribution is 2.46. The molecule has 4 nitrogen and oxygen atoms in total. The molecule has 0 spiro atoms. The Labute approximate surface area is 286 Å². The number of aromatic nitrogens is 3. The molecule has 0 amide bonds. The molecule has 0 aliphatic rings. The van der Waals surface area contributed by atoms with Gasteiger partial charge in [-0.1, -0.05) is 109 Å². The lowest BCUT2D eigenvalue weighted by Gasteiger charge is -2.27. The van der Waals surface area contributed by atoms with Gasteiger partial charge >= 0.3 is 0 Å². The number of anilines is 3. The summed E-state index contributed by atoms with van der Waals surface area (Å²) in [6.45, 7) is 0. The maximum atomic E-state index is 5.05. The standard InChI is InChI=1S/C44H28N4S/c1-3-10-29(11-4-1)30-20-24-33(25-21-30)47(39-15-9-17-41-43(39)36-14-7-8-16-40(36)49-41)35-26-22-31-18-19-32-23-27-38-44(42(32)37(31)28-35)46-48(45-38)34-12-5-2-6-13-34/h1-28H. The van der Waals surface area contributed by atoms with Gasteiger partial charge in [0.2, 0.25) is 0 Å². The van der Waals surface area contributed by atoms with Gasteiger partial charge < -0.3 is 4.90 Å². The van der Waals surface area contributed by atoms with Crippen LogP contribution in [0.25, 0.3) is 69.6 Å². The van der Waals surface area contributed by atoms with Crippen LogP contribution in [0.15, 0.2) is 170 Å². The van der Waals surface area contributed by atoms with Crippen molar-refractivity contribution in [1.29, 1.82) is 0 Å². The molecule has 49 heavy (non-hydrogen) atoms. The lowest BCUT2D eigenvalue weighted by atomic mass is 9.99. The van der Waals surface area contributed by atoms with Gasteiger partial charge in [0.15, 0.2) is 0 Å². The van der Waals surface area contributed by atoms with Crippen molar-refractivity contribution in [3.63, 3.8) is 0 Å². The molecule has 2 aromatic heterocycles. The minimum Gasteiger partial charge on any atom is -0.310 e. The SMILES string of the molecule is c1ccc(-c2ccc(N(c3ccc4ccc5ccc6nn(-c7ccccc7)nc6c5c4c3)c3cccc4sc5ccccc5c34)cc2)cc1. The second kappa shape index (κ2) is 11.2. The molecule has 0 fully saturated rings. The van der Waals surface area contributed by atoms with E-state index in [-0.39, 0.29) is 0 Å². The molecule has 10 rings (SSSR count). The van der Waals surface area contributed by atoms with Crippen LogP contribution in [0.4, 0.5) is 17.1 Å². The number of fused-ring (bicyclic) bond motifs is 8. The molecule has 0 saturated heterocycles. The Balaban J connectivity index is 1.23. The molecule has 8 aromatic carbocycles. The van der Waals surface area contributed by atoms with E-state index in [9.17, 15) is 0 Å². The summed E-state index contributed by atoms with van der Waals surface area (Å²) >= 11 is 1.85. The number of rotatable bonds is 5. The fraction of sp³-hybridized carbons (Fsp3) is 0. The topological polar surface area (TPSA) is 34.0 Å². The van der Waals surface area contributed by atoms with E-state index in [0.29, 0.717) is 0 Å². The molecule has 0 bridgehead atoms. The first kappa shape index (κ1) is 27.8. The lowest BCUT2D eigenvalue weighted by molar-refractivity contribution is 0.766. The second-order valence-corrected chi connectivity index (χ2v) is 13.4. The predicted octanol–water partition coefficient (Wildman–Crippen LogP) is 12.2. The van der Waals surface area contributed by atoms with Crippen LogP contribution in [0, 0.1) is 0 Å². The van der Waals surface area contributed by atoms with Gasteiger partial charge in [-0.25, -0.2) is 0 Å². The Kier molecular flexibility index (Phi) is 6.32. The van der Waals surface area contributed by atoms with Gasteiger partial charge in [0.1, 0.15) is 11.0 Å². The quantitative estimate of drug-likeness (QED) is 0.175. The molecule has 10 aromatic rings. The highest BCUT2D eigenvalue weighted by Gasteiger charge is 2.20. The monoisotopic (exact) mass is 644 g/mol. The predicted molar refractivity (Wildman–Crippen MR) is 207 cm³/mol. The molecule has 0 atom stereocenters. The number of hydrogen-bond donors (Lipinski definition) is 0. The zero-order chi connectivity index (χ0) is 32.3. The Bertz CT molecular complexity index is 2820. The van der Waals surface area contributed by atoms with Crippen molar-refractivity contribution in [1.82, 2.24) is 15.0 Å². The van der Waals surface area contributed by atoms with Crippen LogP contribution in [-0.2, 0) is 0 Å². The third-order valence-corrected chi connectivity index (χ3v) is 10.6. The molecule has 0 N–H and O–H groups in total. The molecule has 230 valence electrons. The highest BCUT2D eigenvalue weighted by molar-refractivity contribution is 7.26. The number of hydrogen-bond acceptors (Lipinski definition) is 4. The number of nitrogens with zero attached hydrogens (tertiary/aromatic N) is 4. The summed E-state index contributed by atoms with van der Waals surface area (Å²) in [5.41, 5.74) is 8.44. The van der Waals surface area contributed by atoms with E-state index in [4.69, 9.17) is 10.2 Å². The van der Waals surface area contributed by atoms with Crippen molar-refractivity contribution in [2.24, 2.45) is 0 Å². The molecule has 0 aliphatic heterocycles. The summed E-state index contributed by atoms with van der Waals surface area (Å²) < 4.78 is 2.56. The van der Waals surface area contributed by atoms with Crippen molar-refractivity contribution >= 4 is 81.1 Å². The Morgan fingerprint density at radius 1 is 0.469 bits per heavy atom. The summed E-state index contributed by atoms with van der Waals surface area (Å²) in [5.74, 6) is 0. The number of benzene rings is 8. The summed E-state index contributed by atoms with van der Waals surface area (Å²) in [6, 6.07) is 60.5. The zero-order valence-corrected chi connectivity index (χ0v) is 27.2. The van der Waals surface area contributed by atoms with E-state index in [0.717, 1.165) is 55.3 Å². The molecule has 0 unspecified atom stereocenters. The molecule has 5 heteroatoms. The highest BCUT2D eigenvalue weighted by atomic mass is 32.1. The van der Waals surface area contributed by atoms with E-state index in [1.54, 1.807) is 4.80 Å². The van der Waals surface area contributed by atoms with Crippen LogP contribution in [0.5, 0.6) is 0 Å². The van der Waals surface area contributed by atoms with Crippen LogP contribution in [0.2, 0.25) is 0 Å². The molecule has 0 saturated carbocycles. The average molecular weight is 645 g/mol. The van der Waals surface area contributed by atoms with Gasteiger partial charge in [-0.15, -0.1) is 21.5 Å². The smallest absolute Gasteiger partial charge is 0.122 e. The molecule has 2 heterocycles. The average Bonchev–Trinajstić information content (AvgIpc) is 3.78. The normalized spacial score (nSPS) is 11.7. The van der Waals surface area contributed by atoms with Crippen LogP contribution in [0.3, 0.4) is 0 Å². The van der Waals surface area contributed by atoms with Gasteiger partial charge in [0.25, 0.3) is 0 Å². The van der Waals surface area contributed by atoms with E-state index < -0.39 is 0 Å². The summed E-state index contributed by atoms with van der Waals surface area (Å²) in [4.78, 5) is 4.16. The molecular weight excluding hydrogens is 617 g/mol. The van der Waals surface area contributed by atoms with Crippen molar-refractivity contribution < 1.29 is 0 Å².